The fourth-order valence-electron chi connectivity index (χ4n) is 2.14. The summed E-state index contributed by atoms with van der Waals surface area (Å²) in [5.41, 5.74) is 1.28. The molecule has 0 radical (unpaired) electrons. The summed E-state index contributed by atoms with van der Waals surface area (Å²) in [6.07, 6.45) is 0.487. The molecule has 0 spiro atoms. The second-order valence-electron chi connectivity index (χ2n) is 6.71. The maximum absolute atomic E-state index is 12.0. The van der Waals surface area contributed by atoms with Crippen LogP contribution in [0.4, 0.5) is 4.79 Å². The summed E-state index contributed by atoms with van der Waals surface area (Å²) in [6, 6.07) is 8.03. The Balaban J connectivity index is 2.68. The summed E-state index contributed by atoms with van der Waals surface area (Å²) in [6.45, 7) is 11.2. The Morgan fingerprint density at radius 1 is 1.08 bits per heavy atom. The number of esters is 1. The van der Waals surface area contributed by atoms with Crippen molar-refractivity contribution in [2.45, 2.75) is 38.8 Å². The van der Waals surface area contributed by atoms with Gasteiger partial charge in [-0.1, -0.05) is 30.8 Å². The number of amides is 1. The zero-order valence-corrected chi connectivity index (χ0v) is 15.6. The van der Waals surface area contributed by atoms with E-state index >= 15 is 0 Å². The molecule has 1 aromatic rings. The van der Waals surface area contributed by atoms with E-state index in [4.69, 9.17) is 9.47 Å². The van der Waals surface area contributed by atoms with Gasteiger partial charge >= 0.3 is 12.1 Å². The van der Waals surface area contributed by atoms with Crippen LogP contribution in [0.1, 0.15) is 38.8 Å². The van der Waals surface area contributed by atoms with Crippen LogP contribution in [-0.4, -0.2) is 32.3 Å². The topological polar surface area (TPSA) is 76.7 Å². The number of ether oxygens (including phenoxy) is 2. The number of nitrogens with one attached hydrogen (secondary N) is 2. The van der Waals surface area contributed by atoms with E-state index in [0.717, 1.165) is 17.2 Å². The van der Waals surface area contributed by atoms with Gasteiger partial charge in [0.15, 0.2) is 0 Å². The zero-order valence-electron chi connectivity index (χ0n) is 15.6. The monoisotopic (exact) mass is 348 g/mol. The van der Waals surface area contributed by atoms with Crippen LogP contribution in [0.3, 0.4) is 0 Å². The molecule has 25 heavy (non-hydrogen) atoms. The van der Waals surface area contributed by atoms with E-state index in [1.165, 1.54) is 0 Å². The van der Waals surface area contributed by atoms with Crippen molar-refractivity contribution >= 4 is 12.1 Å². The molecule has 0 aliphatic heterocycles. The highest BCUT2D eigenvalue weighted by molar-refractivity contribution is 5.81. The molecule has 0 fully saturated rings. The van der Waals surface area contributed by atoms with E-state index in [0.29, 0.717) is 0 Å². The minimum atomic E-state index is -0.616. The first-order valence-corrected chi connectivity index (χ1v) is 8.16. The third-order valence-corrected chi connectivity index (χ3v) is 4.07. The molecule has 0 aliphatic carbocycles. The highest BCUT2D eigenvalue weighted by Gasteiger charge is 2.26. The Labute approximate surface area is 149 Å². The van der Waals surface area contributed by atoms with Crippen molar-refractivity contribution < 1.29 is 19.1 Å². The van der Waals surface area contributed by atoms with E-state index in [1.807, 2.05) is 39.1 Å². The van der Waals surface area contributed by atoms with Gasteiger partial charge in [0.2, 0.25) is 0 Å². The lowest BCUT2D eigenvalue weighted by Crippen LogP contribution is -2.42. The van der Waals surface area contributed by atoms with E-state index in [2.05, 4.69) is 37.1 Å². The summed E-state index contributed by atoms with van der Waals surface area (Å²) >= 11 is 0. The van der Waals surface area contributed by atoms with Gasteiger partial charge < -0.3 is 20.1 Å². The maximum atomic E-state index is 12.0. The molecule has 1 amide bonds. The predicted octanol–water partition coefficient (Wildman–Crippen LogP) is 2.83. The number of hydrogen-bond acceptors (Lipinski definition) is 5. The molecular weight excluding hydrogens is 320 g/mol. The average molecular weight is 348 g/mol. The molecule has 0 saturated carbocycles. The molecule has 0 aliphatic rings. The van der Waals surface area contributed by atoms with Crippen LogP contribution in [0.25, 0.3) is 0 Å². The first-order chi connectivity index (χ1) is 11.6. The number of carbonyl (C=O) groups is 2. The van der Waals surface area contributed by atoms with Gasteiger partial charge in [0.25, 0.3) is 0 Å². The third-order valence-electron chi connectivity index (χ3n) is 4.07. The van der Waals surface area contributed by atoms with E-state index in [1.54, 1.807) is 0 Å². The van der Waals surface area contributed by atoms with Crippen LogP contribution in [0.15, 0.2) is 36.9 Å². The molecule has 1 rings (SSSR count). The van der Waals surface area contributed by atoms with Gasteiger partial charge in [0.05, 0.1) is 5.54 Å². The van der Waals surface area contributed by atoms with Crippen LogP contribution >= 0.6 is 0 Å². The molecule has 138 valence electrons. The van der Waals surface area contributed by atoms with Crippen molar-refractivity contribution in [2.24, 2.45) is 0 Å². The van der Waals surface area contributed by atoms with Crippen molar-refractivity contribution in [1.82, 2.24) is 10.6 Å². The van der Waals surface area contributed by atoms with Crippen molar-refractivity contribution in [3.63, 3.8) is 0 Å². The second-order valence-corrected chi connectivity index (χ2v) is 6.71. The molecule has 0 unspecified atom stereocenters. The van der Waals surface area contributed by atoms with Gasteiger partial charge in [0, 0.05) is 11.6 Å². The van der Waals surface area contributed by atoms with E-state index < -0.39 is 17.6 Å². The van der Waals surface area contributed by atoms with Crippen LogP contribution < -0.4 is 10.6 Å². The largest absolute Gasteiger partial charge is 0.459 e. The number of hydrogen-bond donors (Lipinski definition) is 2. The zero-order chi connectivity index (χ0) is 19.1. The Hall–Kier alpha value is -2.34. The lowest BCUT2D eigenvalue weighted by molar-refractivity contribution is -0.138. The van der Waals surface area contributed by atoms with Crippen molar-refractivity contribution in [2.75, 3.05) is 20.3 Å². The fraction of sp³-hybridized carbons (Fsp3) is 0.474. The molecular formula is C19H28N2O4. The van der Waals surface area contributed by atoms with Gasteiger partial charge in [-0.15, -0.1) is 0 Å². The van der Waals surface area contributed by atoms with Crippen LogP contribution in [0.5, 0.6) is 0 Å². The molecule has 0 bridgehead atoms. The molecule has 6 heteroatoms. The molecule has 0 saturated heterocycles. The summed E-state index contributed by atoms with van der Waals surface area (Å²) in [4.78, 5) is 22.9. The van der Waals surface area contributed by atoms with Gasteiger partial charge in [-0.2, -0.15) is 0 Å². The summed E-state index contributed by atoms with van der Waals surface area (Å²) in [5.74, 6) is -0.548. The minimum Gasteiger partial charge on any atom is -0.459 e. The van der Waals surface area contributed by atoms with E-state index in [-0.39, 0.29) is 18.8 Å². The van der Waals surface area contributed by atoms with Gasteiger partial charge in [-0.05, 0) is 45.9 Å². The predicted molar refractivity (Wildman–Crippen MR) is 97.2 cm³/mol. The Morgan fingerprint density at radius 2 is 1.64 bits per heavy atom. The second kappa shape index (κ2) is 8.67. The van der Waals surface area contributed by atoms with Crippen LogP contribution in [0.2, 0.25) is 0 Å². The van der Waals surface area contributed by atoms with Crippen molar-refractivity contribution in [1.29, 1.82) is 0 Å². The maximum Gasteiger partial charge on any atom is 0.407 e. The number of benzene rings is 1. The molecule has 2 N–H and O–H groups in total. The Bertz CT molecular complexity index is 624. The average Bonchev–Trinajstić information content (AvgIpc) is 2.58. The molecule has 6 nitrogen and oxygen atoms in total. The Kier molecular flexibility index (Phi) is 7.18. The van der Waals surface area contributed by atoms with Crippen LogP contribution in [0, 0.1) is 0 Å². The van der Waals surface area contributed by atoms with Crippen molar-refractivity contribution in [3.8, 4) is 0 Å². The first-order valence-electron chi connectivity index (χ1n) is 8.16. The third kappa shape index (κ3) is 6.23. The summed E-state index contributed by atoms with van der Waals surface area (Å²) in [7, 11) is 1.91. The highest BCUT2D eigenvalue weighted by Crippen LogP contribution is 2.26. The lowest BCUT2D eigenvalue weighted by Gasteiger charge is -2.30. The summed E-state index contributed by atoms with van der Waals surface area (Å²) in [5, 5.41) is 6.09. The number of rotatable bonds is 8. The quantitative estimate of drug-likeness (QED) is 0.429. The highest BCUT2D eigenvalue weighted by atomic mass is 16.6. The van der Waals surface area contributed by atoms with Crippen molar-refractivity contribution in [3.05, 3.63) is 48.0 Å². The lowest BCUT2D eigenvalue weighted by atomic mass is 9.87. The standard InChI is InChI=1S/C19H28N2O4/c1-7-16(22)24-11-12-25-17(23)21-19(4,5)15-10-8-9-14(13-15)18(2,3)20-6/h7-10,13,20H,1,11-12H2,2-6H3,(H,21,23). The van der Waals surface area contributed by atoms with Gasteiger partial charge in [0.1, 0.15) is 13.2 Å². The van der Waals surface area contributed by atoms with Crippen LogP contribution in [-0.2, 0) is 25.3 Å². The SMILES string of the molecule is C=CC(=O)OCCOC(=O)NC(C)(C)c1cccc(C(C)(C)NC)c1. The van der Waals surface area contributed by atoms with E-state index in [9.17, 15) is 9.59 Å². The molecule has 0 atom stereocenters. The smallest absolute Gasteiger partial charge is 0.407 e. The summed E-state index contributed by atoms with van der Waals surface area (Å²) < 4.78 is 9.79. The van der Waals surface area contributed by atoms with Gasteiger partial charge in [-0.25, -0.2) is 9.59 Å². The number of alkyl carbamates (subject to hydrolysis) is 1. The fourth-order valence-corrected chi connectivity index (χ4v) is 2.14. The molecule has 0 aromatic heterocycles. The van der Waals surface area contributed by atoms with Gasteiger partial charge in [-0.3, -0.25) is 0 Å². The minimum absolute atomic E-state index is 0.00938. The first kappa shape index (κ1) is 20.7. The number of carbonyl (C=O) groups excluding carboxylic acids is 2. The molecule has 1 aromatic carbocycles. The molecule has 0 heterocycles. The normalized spacial score (nSPS) is 11.6. The Morgan fingerprint density at radius 3 is 2.20 bits per heavy atom.